The normalized spacial score (nSPS) is 13.5. The second-order valence-electron chi connectivity index (χ2n) is 2.31. The van der Waals surface area contributed by atoms with Gasteiger partial charge in [-0.1, -0.05) is 12.7 Å². The lowest BCUT2D eigenvalue weighted by atomic mass is 9.99. The largest absolute Gasteiger partial charge is 0.429 e. The summed E-state index contributed by atoms with van der Waals surface area (Å²) in [5, 5.41) is 0. The monoisotopic (exact) mass is 177 g/mol. The van der Waals surface area contributed by atoms with Gasteiger partial charge in [0.05, 0.1) is 7.85 Å². The summed E-state index contributed by atoms with van der Waals surface area (Å²) >= 11 is 0. The Bertz CT molecular complexity index is 153. The van der Waals surface area contributed by atoms with E-state index in [1.807, 2.05) is 0 Å². The second-order valence-corrected chi connectivity index (χ2v) is 2.31. The van der Waals surface area contributed by atoms with Crippen molar-refractivity contribution in [2.24, 2.45) is 4.99 Å². The van der Waals surface area contributed by atoms with E-state index in [0.717, 1.165) is 0 Å². The quantitative estimate of drug-likeness (QED) is 0.461. The van der Waals surface area contributed by atoms with E-state index < -0.39 is 11.9 Å². The molecule has 0 fully saturated rings. The van der Waals surface area contributed by atoms with E-state index in [-0.39, 0.29) is 19.3 Å². The van der Waals surface area contributed by atoms with Crippen molar-refractivity contribution in [2.45, 2.75) is 32.3 Å². The van der Waals surface area contributed by atoms with Crippen LogP contribution in [0.25, 0.3) is 0 Å². The van der Waals surface area contributed by atoms with E-state index in [4.69, 9.17) is 7.85 Å². The van der Waals surface area contributed by atoms with Gasteiger partial charge in [0.25, 0.3) is 0 Å². The van der Waals surface area contributed by atoms with Gasteiger partial charge in [0.15, 0.2) is 0 Å². The van der Waals surface area contributed by atoms with E-state index in [1.165, 1.54) is 0 Å². The van der Waals surface area contributed by atoms with Crippen LogP contribution in [0.1, 0.15) is 19.8 Å². The number of halogens is 3. The van der Waals surface area contributed by atoms with Gasteiger partial charge in [0.1, 0.15) is 5.71 Å². The van der Waals surface area contributed by atoms with Crippen molar-refractivity contribution in [3.8, 4) is 0 Å². The van der Waals surface area contributed by atoms with Crippen LogP contribution in [0.15, 0.2) is 4.99 Å². The summed E-state index contributed by atoms with van der Waals surface area (Å²) in [5.41, 5.74) is -0.699. The highest BCUT2D eigenvalue weighted by atomic mass is 19.4. The minimum atomic E-state index is -4.29. The molecule has 0 saturated heterocycles. The Morgan fingerprint density at radius 2 is 2.00 bits per heavy atom. The van der Waals surface area contributed by atoms with Crippen LogP contribution >= 0.6 is 0 Å². The first-order valence-corrected chi connectivity index (χ1v) is 3.83. The second kappa shape index (κ2) is 5.22. The summed E-state index contributed by atoms with van der Waals surface area (Å²) in [7, 11) is 5.09. The molecule has 0 heterocycles. The first-order chi connectivity index (χ1) is 5.52. The van der Waals surface area contributed by atoms with Gasteiger partial charge in [-0.05, 0) is 13.3 Å². The Labute approximate surface area is 71.5 Å². The van der Waals surface area contributed by atoms with E-state index in [9.17, 15) is 13.2 Å². The van der Waals surface area contributed by atoms with Gasteiger partial charge in [-0.15, -0.1) is 0 Å². The molecule has 0 aromatic rings. The van der Waals surface area contributed by atoms with Crippen molar-refractivity contribution in [1.82, 2.24) is 0 Å². The first-order valence-electron chi connectivity index (χ1n) is 3.83. The van der Waals surface area contributed by atoms with Crippen LogP contribution in [-0.4, -0.2) is 26.3 Å². The summed E-state index contributed by atoms with van der Waals surface area (Å²) in [6, 6.07) is 0. The molecular weight excluding hydrogens is 166 g/mol. The summed E-state index contributed by atoms with van der Waals surface area (Å²) in [6.45, 7) is 1.74. The highest BCUT2D eigenvalue weighted by Gasteiger charge is 2.34. The molecule has 0 aromatic heterocycles. The third-order valence-corrected chi connectivity index (χ3v) is 1.29. The third-order valence-electron chi connectivity index (χ3n) is 1.29. The Hall–Kier alpha value is -0.475. The molecule has 0 aliphatic heterocycles. The maximum absolute atomic E-state index is 12.1. The van der Waals surface area contributed by atoms with Crippen LogP contribution in [0, 0.1) is 0 Å². The molecule has 0 aromatic carbocycles. The van der Waals surface area contributed by atoms with Gasteiger partial charge in [-0.3, -0.25) is 4.99 Å². The molecule has 2 radical (unpaired) electrons. The molecule has 0 amide bonds. The van der Waals surface area contributed by atoms with Crippen LogP contribution in [0.3, 0.4) is 0 Å². The van der Waals surface area contributed by atoms with Crippen LogP contribution in [0.5, 0.6) is 0 Å². The summed E-state index contributed by atoms with van der Waals surface area (Å²) in [6.07, 6.45) is -3.77. The number of hydrogen-bond acceptors (Lipinski definition) is 1. The standard InChI is InChI=1S/C7H11BF3N/c1-2-12-6(4-3-5-8)7(9,10)11/h2-5H2,1H3. The van der Waals surface area contributed by atoms with Crippen molar-refractivity contribution in [3.05, 3.63) is 0 Å². The minimum absolute atomic E-state index is 0.0756. The fourth-order valence-electron chi connectivity index (χ4n) is 0.771. The van der Waals surface area contributed by atoms with Crippen molar-refractivity contribution in [2.75, 3.05) is 6.54 Å². The molecule has 12 heavy (non-hydrogen) atoms. The zero-order chi connectivity index (χ0) is 9.61. The maximum atomic E-state index is 12.1. The number of hydrogen-bond donors (Lipinski definition) is 0. The average molecular weight is 177 g/mol. The first kappa shape index (κ1) is 11.5. The molecule has 0 spiro atoms. The molecule has 0 bridgehead atoms. The highest BCUT2D eigenvalue weighted by Crippen LogP contribution is 2.20. The lowest BCUT2D eigenvalue weighted by Crippen LogP contribution is -2.23. The zero-order valence-electron chi connectivity index (χ0n) is 6.99. The fraction of sp³-hybridized carbons (Fsp3) is 0.857. The van der Waals surface area contributed by atoms with Crippen LogP contribution in [-0.2, 0) is 0 Å². The fourth-order valence-corrected chi connectivity index (χ4v) is 0.771. The third kappa shape index (κ3) is 4.41. The Kier molecular flexibility index (Phi) is 5.01. The van der Waals surface area contributed by atoms with Gasteiger partial charge in [-0.25, -0.2) is 0 Å². The van der Waals surface area contributed by atoms with Crippen molar-refractivity contribution in [3.63, 3.8) is 0 Å². The van der Waals surface area contributed by atoms with Gasteiger partial charge >= 0.3 is 6.18 Å². The summed E-state index contributed by atoms with van der Waals surface area (Å²) < 4.78 is 36.2. The Balaban J connectivity index is 4.15. The number of aliphatic imine (C=N–C) groups is 1. The molecule has 5 heteroatoms. The van der Waals surface area contributed by atoms with Crippen LogP contribution in [0.4, 0.5) is 13.2 Å². The molecular formula is C7H11BF3N. The highest BCUT2D eigenvalue weighted by molar-refractivity contribution is 6.08. The van der Waals surface area contributed by atoms with E-state index in [2.05, 4.69) is 4.99 Å². The predicted octanol–water partition coefficient (Wildman–Crippen LogP) is 2.38. The molecule has 1 nitrogen and oxygen atoms in total. The predicted molar refractivity (Wildman–Crippen MR) is 43.8 cm³/mol. The van der Waals surface area contributed by atoms with E-state index >= 15 is 0 Å². The van der Waals surface area contributed by atoms with Gasteiger partial charge < -0.3 is 0 Å². The SMILES string of the molecule is [B]CCCC(=NCC)C(F)(F)F. The summed E-state index contributed by atoms with van der Waals surface area (Å²) in [5.74, 6) is 0. The Morgan fingerprint density at radius 3 is 2.33 bits per heavy atom. The van der Waals surface area contributed by atoms with E-state index in [0.29, 0.717) is 6.42 Å². The van der Waals surface area contributed by atoms with Crippen LogP contribution in [0.2, 0.25) is 6.32 Å². The average Bonchev–Trinajstić information content (AvgIpc) is 1.95. The Morgan fingerprint density at radius 1 is 1.42 bits per heavy atom. The molecule has 0 N–H and O–H groups in total. The van der Waals surface area contributed by atoms with Gasteiger partial charge in [-0.2, -0.15) is 13.2 Å². The maximum Gasteiger partial charge on any atom is 0.429 e. The molecule has 0 aliphatic rings. The number of nitrogens with zero attached hydrogens (tertiary/aromatic N) is 1. The lowest BCUT2D eigenvalue weighted by Gasteiger charge is -2.09. The number of alkyl halides is 3. The van der Waals surface area contributed by atoms with E-state index in [1.54, 1.807) is 6.92 Å². The smallest absolute Gasteiger partial charge is 0.285 e. The van der Waals surface area contributed by atoms with Crippen molar-refractivity contribution in [1.29, 1.82) is 0 Å². The molecule has 0 saturated carbocycles. The zero-order valence-corrected chi connectivity index (χ0v) is 6.99. The molecule has 0 rings (SSSR count). The minimum Gasteiger partial charge on any atom is -0.285 e. The van der Waals surface area contributed by atoms with Gasteiger partial charge in [0, 0.05) is 6.54 Å². The molecule has 0 unspecified atom stereocenters. The lowest BCUT2D eigenvalue weighted by molar-refractivity contribution is -0.0607. The number of rotatable bonds is 4. The molecule has 0 atom stereocenters. The van der Waals surface area contributed by atoms with Crippen molar-refractivity contribution >= 4 is 13.6 Å². The van der Waals surface area contributed by atoms with Crippen LogP contribution < -0.4 is 0 Å². The molecule has 0 aliphatic carbocycles. The van der Waals surface area contributed by atoms with Crippen molar-refractivity contribution < 1.29 is 13.2 Å². The summed E-state index contributed by atoms with van der Waals surface area (Å²) in [4.78, 5) is 3.37. The molecule has 68 valence electrons. The van der Waals surface area contributed by atoms with Gasteiger partial charge in [0.2, 0.25) is 0 Å². The topological polar surface area (TPSA) is 12.4 Å².